The molecule has 2 aliphatic heterocycles. The number of nitrogens with zero attached hydrogens (tertiary/aromatic N) is 2. The van der Waals surface area contributed by atoms with Gasteiger partial charge in [0.1, 0.15) is 11.7 Å². The number of para-hydroxylation sites is 1. The highest BCUT2D eigenvalue weighted by Crippen LogP contribution is 2.58. The Kier molecular flexibility index (Phi) is 4.45. The summed E-state index contributed by atoms with van der Waals surface area (Å²) in [6.07, 6.45) is 0.147. The van der Waals surface area contributed by atoms with E-state index < -0.39 is 5.54 Å². The molecule has 0 saturated carbocycles. The maximum atomic E-state index is 2.66. The summed E-state index contributed by atoms with van der Waals surface area (Å²) in [5.41, 5.74) is 10.1. The van der Waals surface area contributed by atoms with Crippen LogP contribution in [0.15, 0.2) is 115 Å². The fraction of sp³-hybridized carbons (Fsp3) is 0.161. The van der Waals surface area contributed by atoms with Crippen molar-refractivity contribution < 1.29 is 0 Å². The molecule has 1 unspecified atom stereocenters. The van der Waals surface area contributed by atoms with Crippen LogP contribution in [0.2, 0.25) is 0 Å². The molecule has 2 nitrogen and oxygen atoms in total. The van der Waals surface area contributed by atoms with Crippen molar-refractivity contribution in [2.45, 2.75) is 32.5 Å². The van der Waals surface area contributed by atoms with Crippen molar-refractivity contribution in [2.24, 2.45) is 0 Å². The minimum atomic E-state index is -0.396. The van der Waals surface area contributed by atoms with Crippen LogP contribution in [0.3, 0.4) is 0 Å². The molecule has 4 aromatic rings. The average molecular weight is 429 g/mol. The van der Waals surface area contributed by atoms with E-state index in [1.165, 1.54) is 44.9 Å². The lowest BCUT2D eigenvalue weighted by molar-refractivity contribution is 0.222. The first-order valence-electron chi connectivity index (χ1n) is 11.7. The van der Waals surface area contributed by atoms with Gasteiger partial charge in [-0.25, -0.2) is 0 Å². The summed E-state index contributed by atoms with van der Waals surface area (Å²) in [6, 6.07) is 39.7. The summed E-state index contributed by atoms with van der Waals surface area (Å²) in [6.45, 7) is 6.83. The van der Waals surface area contributed by atoms with Gasteiger partial charge in [0.05, 0.1) is 5.70 Å². The van der Waals surface area contributed by atoms with Crippen LogP contribution < -0.4 is 4.90 Å². The van der Waals surface area contributed by atoms with Gasteiger partial charge in [-0.1, -0.05) is 103 Å². The van der Waals surface area contributed by atoms with Gasteiger partial charge in [0, 0.05) is 16.9 Å². The van der Waals surface area contributed by atoms with Gasteiger partial charge < -0.3 is 9.80 Å². The number of aryl methyl sites for hydroxylation is 1. The molecule has 162 valence electrons. The summed E-state index contributed by atoms with van der Waals surface area (Å²) >= 11 is 0. The van der Waals surface area contributed by atoms with Gasteiger partial charge in [0.15, 0.2) is 0 Å². The predicted molar refractivity (Wildman–Crippen MR) is 137 cm³/mol. The van der Waals surface area contributed by atoms with Gasteiger partial charge in [-0.3, -0.25) is 0 Å². The van der Waals surface area contributed by atoms with Gasteiger partial charge in [-0.2, -0.15) is 0 Å². The average Bonchev–Trinajstić information content (AvgIpc) is 3.31. The van der Waals surface area contributed by atoms with E-state index >= 15 is 0 Å². The highest BCUT2D eigenvalue weighted by Gasteiger charge is 2.56. The largest absolute Gasteiger partial charge is 0.331 e. The van der Waals surface area contributed by atoms with E-state index in [2.05, 4.69) is 140 Å². The van der Waals surface area contributed by atoms with Crippen LogP contribution in [0.5, 0.6) is 0 Å². The lowest BCUT2D eigenvalue weighted by Gasteiger charge is -2.45. The van der Waals surface area contributed by atoms with Crippen molar-refractivity contribution in [3.05, 3.63) is 143 Å². The van der Waals surface area contributed by atoms with E-state index in [0.717, 1.165) is 0 Å². The molecule has 0 radical (unpaired) electrons. The molecule has 0 bridgehead atoms. The maximum Gasteiger partial charge on any atom is 0.119 e. The van der Waals surface area contributed by atoms with Crippen molar-refractivity contribution in [3.63, 3.8) is 0 Å². The van der Waals surface area contributed by atoms with E-state index in [9.17, 15) is 0 Å². The monoisotopic (exact) mass is 428 g/mol. The van der Waals surface area contributed by atoms with Crippen LogP contribution in [0.1, 0.15) is 41.7 Å². The van der Waals surface area contributed by atoms with Crippen LogP contribution in [0, 0.1) is 6.92 Å². The van der Waals surface area contributed by atoms with Crippen molar-refractivity contribution in [1.82, 2.24) is 4.90 Å². The van der Waals surface area contributed by atoms with Gasteiger partial charge in [-0.15, -0.1) is 0 Å². The normalized spacial score (nSPS) is 18.5. The first-order valence-corrected chi connectivity index (χ1v) is 11.7. The lowest BCUT2D eigenvalue weighted by Crippen LogP contribution is -2.49. The van der Waals surface area contributed by atoms with Gasteiger partial charge in [-0.05, 0) is 49.1 Å². The van der Waals surface area contributed by atoms with E-state index in [0.29, 0.717) is 0 Å². The Morgan fingerprint density at radius 2 is 1.18 bits per heavy atom. The van der Waals surface area contributed by atoms with E-state index in [1.54, 1.807) is 0 Å². The number of rotatable bonds is 3. The molecule has 4 aromatic carbocycles. The maximum absolute atomic E-state index is 2.66. The third kappa shape index (κ3) is 2.61. The van der Waals surface area contributed by atoms with Crippen molar-refractivity contribution in [3.8, 4) is 0 Å². The smallest absolute Gasteiger partial charge is 0.119 e. The Hall–Kier alpha value is -3.78. The predicted octanol–water partition coefficient (Wildman–Crippen LogP) is 7.16. The summed E-state index contributed by atoms with van der Waals surface area (Å²) in [4.78, 5) is 5.17. The van der Waals surface area contributed by atoms with Crippen molar-refractivity contribution >= 4 is 11.4 Å². The number of hydrogen-bond donors (Lipinski definition) is 0. The van der Waals surface area contributed by atoms with Gasteiger partial charge in [0.2, 0.25) is 0 Å². The van der Waals surface area contributed by atoms with Crippen molar-refractivity contribution in [1.29, 1.82) is 0 Å². The third-order valence-electron chi connectivity index (χ3n) is 7.38. The fourth-order valence-corrected chi connectivity index (χ4v) is 6.11. The molecule has 0 aliphatic carbocycles. The van der Waals surface area contributed by atoms with E-state index in [4.69, 9.17) is 0 Å². The van der Waals surface area contributed by atoms with Crippen LogP contribution in [0.4, 0.5) is 5.69 Å². The number of anilines is 1. The quantitative estimate of drug-likeness (QED) is 0.342. The topological polar surface area (TPSA) is 6.48 Å². The molecule has 2 aliphatic rings. The van der Waals surface area contributed by atoms with Gasteiger partial charge >= 0.3 is 0 Å². The van der Waals surface area contributed by atoms with E-state index in [-0.39, 0.29) is 6.17 Å². The van der Waals surface area contributed by atoms with Crippen LogP contribution in [-0.4, -0.2) is 11.1 Å². The highest BCUT2D eigenvalue weighted by atomic mass is 15.5. The third-order valence-corrected chi connectivity index (χ3v) is 7.38. The van der Waals surface area contributed by atoms with Crippen LogP contribution >= 0.6 is 0 Å². The molecule has 6 rings (SSSR count). The molecule has 0 N–H and O–H groups in total. The number of allylic oxidation sites excluding steroid dienone is 1. The molecule has 0 fully saturated rings. The molecule has 1 atom stereocenters. The number of hydrogen-bond acceptors (Lipinski definition) is 2. The molecule has 0 aromatic heterocycles. The minimum Gasteiger partial charge on any atom is -0.331 e. The Bertz CT molecular complexity index is 1310. The number of benzene rings is 4. The molecule has 33 heavy (non-hydrogen) atoms. The molecule has 2 heteroatoms. The first kappa shape index (κ1) is 19.9. The zero-order chi connectivity index (χ0) is 22.6. The molecular formula is C31H28N2. The second-order valence-electron chi connectivity index (χ2n) is 9.08. The second-order valence-corrected chi connectivity index (χ2v) is 9.08. The van der Waals surface area contributed by atoms with Crippen LogP contribution in [-0.2, 0) is 5.54 Å². The molecule has 0 amide bonds. The second kappa shape index (κ2) is 7.38. The van der Waals surface area contributed by atoms with Crippen LogP contribution in [0.25, 0.3) is 5.70 Å². The Labute approximate surface area is 196 Å². The molecule has 2 heterocycles. The lowest BCUT2D eigenvalue weighted by atomic mass is 9.76. The van der Waals surface area contributed by atoms with Gasteiger partial charge in [0.25, 0.3) is 0 Å². The molecule has 0 saturated heterocycles. The number of fused-ring (bicyclic) bond motifs is 3. The van der Waals surface area contributed by atoms with E-state index in [1.807, 2.05) is 0 Å². The Morgan fingerprint density at radius 3 is 1.82 bits per heavy atom. The summed E-state index contributed by atoms with van der Waals surface area (Å²) in [7, 11) is 0. The first-order chi connectivity index (χ1) is 16.2. The Morgan fingerprint density at radius 1 is 0.636 bits per heavy atom. The molecule has 0 spiro atoms. The molecular weight excluding hydrogens is 400 g/mol. The fourth-order valence-electron chi connectivity index (χ4n) is 6.11. The minimum absolute atomic E-state index is 0.147. The highest BCUT2D eigenvalue weighted by molar-refractivity contribution is 5.85. The summed E-state index contributed by atoms with van der Waals surface area (Å²) in [5, 5.41) is 0. The zero-order valence-electron chi connectivity index (χ0n) is 19.4. The summed E-state index contributed by atoms with van der Waals surface area (Å²) < 4.78 is 0. The standard InChI is InChI=1S/C31H28N2/c1-22-14-10-13-21-29(22)32-23(2)30-27-19-11-12-20-28(27)31(33(30)24(32)3,25-15-6-4-7-16-25)26-17-8-5-9-18-26/h4-21,24H,1-3H3. The zero-order valence-corrected chi connectivity index (χ0v) is 19.4. The summed E-state index contributed by atoms with van der Waals surface area (Å²) in [5.74, 6) is 0. The van der Waals surface area contributed by atoms with Crippen molar-refractivity contribution in [2.75, 3.05) is 4.90 Å². The Balaban J connectivity index is 1.71. The SMILES string of the molecule is CC1=C2c3ccccc3C(c3ccccc3)(c3ccccc3)N2C(C)N1c1ccccc1C.